The van der Waals surface area contributed by atoms with E-state index >= 15 is 0 Å². The van der Waals surface area contributed by atoms with Crippen molar-refractivity contribution in [2.75, 3.05) is 18.4 Å². The molecular formula is C21H21BN6O. The molecule has 1 aliphatic rings. The number of hydrogen-bond acceptors (Lipinski definition) is 7. The maximum atomic E-state index is 9.15. The van der Waals surface area contributed by atoms with Crippen molar-refractivity contribution in [1.82, 2.24) is 19.8 Å². The van der Waals surface area contributed by atoms with E-state index in [-0.39, 0.29) is 0 Å². The number of ether oxygens (including phenoxy) is 1. The highest BCUT2D eigenvalue weighted by atomic mass is 16.5. The van der Waals surface area contributed by atoms with Crippen LogP contribution in [-0.4, -0.2) is 46.9 Å². The summed E-state index contributed by atoms with van der Waals surface area (Å²) >= 11 is 0. The fourth-order valence-corrected chi connectivity index (χ4v) is 3.41. The fourth-order valence-electron chi connectivity index (χ4n) is 3.41. The van der Waals surface area contributed by atoms with Crippen molar-refractivity contribution in [2.45, 2.75) is 18.9 Å². The summed E-state index contributed by atoms with van der Waals surface area (Å²) in [5.74, 6) is 1.52. The van der Waals surface area contributed by atoms with Gasteiger partial charge < -0.3 is 14.9 Å². The molecule has 29 heavy (non-hydrogen) atoms. The molecular weight excluding hydrogens is 363 g/mol. The summed E-state index contributed by atoms with van der Waals surface area (Å²) in [6.45, 7) is 1.91. The molecule has 1 atom stereocenters. The van der Waals surface area contributed by atoms with E-state index in [0.29, 0.717) is 29.1 Å². The van der Waals surface area contributed by atoms with Crippen molar-refractivity contribution in [3.63, 3.8) is 0 Å². The standard InChI is InChI=1S/C21H21BN6O/c22-28-9-3-6-17(28)13-25-19-14-26-20(16-5-2-8-24-12-16)27-21(19)29-18-7-1-4-15(10-18)11-23/h1-2,4-5,7-8,10,12,14,17,25H,3,6,9,13,22H2/t17-/m0/s1. The van der Waals surface area contributed by atoms with E-state index in [1.165, 1.54) is 12.8 Å². The van der Waals surface area contributed by atoms with Crippen LogP contribution in [0.25, 0.3) is 11.4 Å². The van der Waals surface area contributed by atoms with Crippen molar-refractivity contribution in [3.05, 3.63) is 60.6 Å². The smallest absolute Gasteiger partial charge is 0.246 e. The number of hydrogen-bond donors (Lipinski definition) is 1. The summed E-state index contributed by atoms with van der Waals surface area (Å²) in [5.41, 5.74) is 2.07. The van der Waals surface area contributed by atoms with Crippen LogP contribution >= 0.6 is 0 Å². The Kier molecular flexibility index (Phi) is 5.68. The first-order valence-electron chi connectivity index (χ1n) is 9.62. The SMILES string of the molecule is BN1CCC[C@H]1CNc1cnc(-c2cccnc2)nc1Oc1cccc(C#N)c1. The number of aromatic nitrogens is 3. The molecule has 3 heterocycles. The maximum absolute atomic E-state index is 9.15. The van der Waals surface area contributed by atoms with Crippen LogP contribution in [0, 0.1) is 11.3 Å². The lowest BCUT2D eigenvalue weighted by Gasteiger charge is -2.21. The lowest BCUT2D eigenvalue weighted by atomic mass is 10.2. The van der Waals surface area contributed by atoms with Gasteiger partial charge in [0.25, 0.3) is 0 Å². The number of rotatable bonds is 6. The molecule has 0 unspecified atom stereocenters. The minimum Gasteiger partial charge on any atom is -0.437 e. The van der Waals surface area contributed by atoms with Crippen LogP contribution in [0.4, 0.5) is 5.69 Å². The summed E-state index contributed by atoms with van der Waals surface area (Å²) in [6.07, 6.45) is 7.55. The zero-order valence-corrected chi connectivity index (χ0v) is 16.2. The third-order valence-corrected chi connectivity index (χ3v) is 5.05. The first-order chi connectivity index (χ1) is 14.2. The van der Waals surface area contributed by atoms with Crippen LogP contribution < -0.4 is 10.1 Å². The lowest BCUT2D eigenvalue weighted by molar-refractivity contribution is 0.433. The number of nitrogens with one attached hydrogen (secondary N) is 1. The zero-order chi connectivity index (χ0) is 20.1. The van der Waals surface area contributed by atoms with Crippen LogP contribution in [0.5, 0.6) is 11.6 Å². The van der Waals surface area contributed by atoms with Gasteiger partial charge >= 0.3 is 0 Å². The van der Waals surface area contributed by atoms with Gasteiger partial charge in [0.2, 0.25) is 5.88 Å². The summed E-state index contributed by atoms with van der Waals surface area (Å²) in [6, 6.07) is 13.4. The Hall–Kier alpha value is -3.44. The van der Waals surface area contributed by atoms with Gasteiger partial charge in [-0.05, 0) is 49.7 Å². The molecule has 0 radical (unpaired) electrons. The number of pyridine rings is 1. The number of nitrogens with zero attached hydrogens (tertiary/aromatic N) is 5. The quantitative estimate of drug-likeness (QED) is 0.654. The van der Waals surface area contributed by atoms with E-state index in [1.807, 2.05) is 12.1 Å². The van der Waals surface area contributed by atoms with Gasteiger partial charge in [0, 0.05) is 30.5 Å². The molecule has 1 saturated heterocycles. The van der Waals surface area contributed by atoms with Crippen molar-refractivity contribution in [2.24, 2.45) is 0 Å². The molecule has 1 aliphatic heterocycles. The Morgan fingerprint density at radius 1 is 1.28 bits per heavy atom. The van der Waals surface area contributed by atoms with Crippen LogP contribution in [0.1, 0.15) is 18.4 Å². The van der Waals surface area contributed by atoms with Gasteiger partial charge in [0.05, 0.1) is 17.8 Å². The predicted octanol–water partition coefficient (Wildman–Crippen LogP) is 2.63. The Morgan fingerprint density at radius 2 is 2.21 bits per heavy atom. The molecule has 1 aromatic carbocycles. The van der Waals surface area contributed by atoms with Crippen LogP contribution in [0.15, 0.2) is 55.0 Å². The number of benzene rings is 1. The van der Waals surface area contributed by atoms with E-state index in [2.05, 4.69) is 39.1 Å². The Balaban J connectivity index is 1.63. The summed E-state index contributed by atoms with van der Waals surface area (Å²) in [4.78, 5) is 15.6. The Morgan fingerprint density at radius 3 is 2.97 bits per heavy atom. The van der Waals surface area contributed by atoms with Crippen molar-refractivity contribution >= 4 is 13.7 Å². The second-order valence-electron chi connectivity index (χ2n) is 7.05. The topological polar surface area (TPSA) is 87.0 Å². The van der Waals surface area contributed by atoms with E-state index in [1.54, 1.807) is 42.9 Å². The third kappa shape index (κ3) is 4.53. The fraction of sp³-hybridized carbons (Fsp3) is 0.238. The van der Waals surface area contributed by atoms with Gasteiger partial charge in [-0.25, -0.2) is 4.98 Å². The van der Waals surface area contributed by atoms with Crippen molar-refractivity contribution < 1.29 is 4.74 Å². The monoisotopic (exact) mass is 384 g/mol. The van der Waals surface area contributed by atoms with E-state index < -0.39 is 0 Å². The molecule has 0 bridgehead atoms. The average molecular weight is 384 g/mol. The van der Waals surface area contributed by atoms with Crippen LogP contribution in [0.2, 0.25) is 0 Å². The summed E-state index contributed by atoms with van der Waals surface area (Å²) in [5, 5.41) is 12.6. The Bertz CT molecular complexity index is 1020. The molecule has 144 valence electrons. The van der Waals surface area contributed by atoms with Crippen LogP contribution in [0.3, 0.4) is 0 Å². The van der Waals surface area contributed by atoms with E-state index in [4.69, 9.17) is 10.00 Å². The minimum atomic E-state index is 0.426. The minimum absolute atomic E-state index is 0.426. The summed E-state index contributed by atoms with van der Waals surface area (Å²) < 4.78 is 6.06. The third-order valence-electron chi connectivity index (χ3n) is 5.05. The summed E-state index contributed by atoms with van der Waals surface area (Å²) in [7, 11) is 2.14. The number of anilines is 1. The van der Waals surface area contributed by atoms with Gasteiger partial charge in [-0.3, -0.25) is 4.98 Å². The highest BCUT2D eigenvalue weighted by Gasteiger charge is 2.21. The van der Waals surface area contributed by atoms with Gasteiger partial charge in [-0.1, -0.05) is 6.07 Å². The average Bonchev–Trinajstić information content (AvgIpc) is 3.18. The molecule has 0 aliphatic carbocycles. The highest BCUT2D eigenvalue weighted by molar-refractivity contribution is 6.04. The van der Waals surface area contributed by atoms with E-state index in [0.717, 1.165) is 24.3 Å². The Labute approximate surface area is 170 Å². The van der Waals surface area contributed by atoms with Crippen molar-refractivity contribution in [1.29, 1.82) is 5.26 Å². The second-order valence-corrected chi connectivity index (χ2v) is 7.05. The molecule has 1 N–H and O–H groups in total. The van der Waals surface area contributed by atoms with Crippen LogP contribution in [-0.2, 0) is 0 Å². The van der Waals surface area contributed by atoms with Gasteiger partial charge in [0.1, 0.15) is 11.4 Å². The lowest BCUT2D eigenvalue weighted by Crippen LogP contribution is -2.32. The highest BCUT2D eigenvalue weighted by Crippen LogP contribution is 2.30. The molecule has 0 saturated carbocycles. The van der Waals surface area contributed by atoms with E-state index in [9.17, 15) is 0 Å². The van der Waals surface area contributed by atoms with Gasteiger partial charge in [0.15, 0.2) is 13.8 Å². The molecule has 2 aromatic heterocycles. The van der Waals surface area contributed by atoms with Gasteiger partial charge in [-0.2, -0.15) is 10.2 Å². The first kappa shape index (κ1) is 18.9. The zero-order valence-electron chi connectivity index (χ0n) is 16.2. The molecule has 0 spiro atoms. The molecule has 1 fully saturated rings. The number of nitriles is 1. The molecule has 7 nitrogen and oxygen atoms in total. The van der Waals surface area contributed by atoms with Crippen molar-refractivity contribution in [3.8, 4) is 29.1 Å². The normalized spacial score (nSPS) is 16.3. The van der Waals surface area contributed by atoms with Gasteiger partial charge in [-0.15, -0.1) is 0 Å². The molecule has 4 rings (SSSR count). The predicted molar refractivity (Wildman–Crippen MR) is 113 cm³/mol. The molecule has 8 heteroatoms. The second kappa shape index (κ2) is 8.71. The largest absolute Gasteiger partial charge is 0.437 e. The first-order valence-corrected chi connectivity index (χ1v) is 9.62. The molecule has 0 amide bonds. The molecule has 3 aromatic rings. The maximum Gasteiger partial charge on any atom is 0.246 e.